The van der Waals surface area contributed by atoms with E-state index in [-0.39, 0.29) is 19.8 Å². The van der Waals surface area contributed by atoms with Crippen molar-refractivity contribution in [3.63, 3.8) is 0 Å². The lowest BCUT2D eigenvalue weighted by Gasteiger charge is -2.18. The van der Waals surface area contributed by atoms with Gasteiger partial charge in [-0.1, -0.05) is 34.8 Å². The number of rotatable bonds is 8. The number of sulfonamides is 2. The molecule has 4 N–H and O–H groups in total. The van der Waals surface area contributed by atoms with Gasteiger partial charge in [-0.3, -0.25) is 10.0 Å². The van der Waals surface area contributed by atoms with Crippen molar-refractivity contribution in [2.75, 3.05) is 6.54 Å². The molecule has 1 amide bonds. The molecule has 0 aromatic heterocycles. The number of nitrogens with one attached hydrogen (secondary N) is 3. The first kappa shape index (κ1) is 23.8. The molecule has 1 unspecified atom stereocenters. The van der Waals surface area contributed by atoms with Crippen molar-refractivity contribution < 1.29 is 26.8 Å². The fraction of sp³-hybridized carbons (Fsp3) is 0.133. The van der Waals surface area contributed by atoms with Crippen LogP contribution < -0.4 is 14.9 Å². The van der Waals surface area contributed by atoms with Crippen molar-refractivity contribution >= 4 is 60.8 Å². The molecule has 158 valence electrons. The Morgan fingerprint density at radius 3 is 2.10 bits per heavy atom. The third-order valence-electron chi connectivity index (χ3n) is 3.51. The molecule has 0 saturated carbocycles. The molecule has 2 rings (SSSR count). The molecule has 0 aliphatic rings. The standard InChI is InChI=1S/C15H14Cl3N3O6S2/c16-9-1-4-11(5-2-9)28(24,25)21-13(15(22)20-23)8-19-29(26,27)14-7-10(17)3-6-12(14)18/h1-7,13,19,21,23H,8H2,(H,20,22). The number of benzene rings is 2. The third-order valence-corrected chi connectivity index (χ3v) is 7.39. The maximum absolute atomic E-state index is 12.5. The Kier molecular flexibility index (Phi) is 7.87. The summed E-state index contributed by atoms with van der Waals surface area (Å²) in [5.41, 5.74) is 1.28. The van der Waals surface area contributed by atoms with E-state index in [0.717, 1.165) is 6.07 Å². The van der Waals surface area contributed by atoms with Crippen LogP contribution in [-0.2, 0) is 24.8 Å². The van der Waals surface area contributed by atoms with Gasteiger partial charge in [-0.15, -0.1) is 0 Å². The average Bonchev–Trinajstić information content (AvgIpc) is 2.66. The molecule has 0 radical (unpaired) electrons. The zero-order chi connectivity index (χ0) is 21.8. The highest BCUT2D eigenvalue weighted by Crippen LogP contribution is 2.24. The lowest BCUT2D eigenvalue weighted by atomic mass is 10.3. The Labute approximate surface area is 182 Å². The molecule has 0 fully saturated rings. The molecule has 14 heteroatoms. The highest BCUT2D eigenvalue weighted by atomic mass is 35.5. The normalized spacial score (nSPS) is 13.1. The molecule has 0 aliphatic carbocycles. The lowest BCUT2D eigenvalue weighted by Crippen LogP contribution is -2.51. The molecule has 2 aromatic carbocycles. The number of hydrogen-bond donors (Lipinski definition) is 4. The number of hydrogen-bond acceptors (Lipinski definition) is 6. The van der Waals surface area contributed by atoms with Gasteiger partial charge in [0.2, 0.25) is 20.0 Å². The molecule has 0 heterocycles. The monoisotopic (exact) mass is 501 g/mol. The van der Waals surface area contributed by atoms with Gasteiger partial charge < -0.3 is 0 Å². The zero-order valence-electron chi connectivity index (χ0n) is 14.3. The molecule has 0 saturated heterocycles. The van der Waals surface area contributed by atoms with Gasteiger partial charge in [0.15, 0.2) is 0 Å². The van der Waals surface area contributed by atoms with E-state index in [1.54, 1.807) is 0 Å². The Hall–Kier alpha value is -1.44. The van der Waals surface area contributed by atoms with Crippen LogP contribution >= 0.6 is 34.8 Å². The second kappa shape index (κ2) is 9.58. The SMILES string of the molecule is O=C(NO)C(CNS(=O)(=O)c1cc(Cl)ccc1Cl)NS(=O)(=O)c1ccc(Cl)cc1. The van der Waals surface area contributed by atoms with E-state index in [0.29, 0.717) is 5.02 Å². The first-order valence-electron chi connectivity index (χ1n) is 7.63. The summed E-state index contributed by atoms with van der Waals surface area (Å²) in [6.45, 7) is -0.732. The third kappa shape index (κ3) is 6.27. The minimum absolute atomic E-state index is 0.0999. The highest BCUT2D eigenvalue weighted by Gasteiger charge is 2.28. The summed E-state index contributed by atoms with van der Waals surface area (Å²) >= 11 is 17.4. The largest absolute Gasteiger partial charge is 0.289 e. The summed E-state index contributed by atoms with van der Waals surface area (Å²) in [6, 6.07) is 7.06. The van der Waals surface area contributed by atoms with Crippen LogP contribution in [0.5, 0.6) is 0 Å². The Morgan fingerprint density at radius 1 is 0.931 bits per heavy atom. The second-order valence-electron chi connectivity index (χ2n) is 5.53. The number of amides is 1. The number of carbonyl (C=O) groups is 1. The van der Waals surface area contributed by atoms with Gasteiger partial charge in [-0.05, 0) is 42.5 Å². The van der Waals surface area contributed by atoms with E-state index >= 15 is 0 Å². The Morgan fingerprint density at radius 2 is 1.52 bits per heavy atom. The molecule has 2 aromatic rings. The molecule has 0 aliphatic heterocycles. The van der Waals surface area contributed by atoms with Crippen LogP contribution in [0.25, 0.3) is 0 Å². The molecule has 29 heavy (non-hydrogen) atoms. The molecular weight excluding hydrogens is 489 g/mol. The quantitative estimate of drug-likeness (QED) is 0.320. The highest BCUT2D eigenvalue weighted by molar-refractivity contribution is 7.90. The van der Waals surface area contributed by atoms with Crippen LogP contribution in [-0.4, -0.2) is 40.5 Å². The molecule has 1 atom stereocenters. The number of hydroxylamine groups is 1. The summed E-state index contributed by atoms with van der Waals surface area (Å²) in [5.74, 6) is -1.19. The van der Waals surface area contributed by atoms with Crippen molar-refractivity contribution in [3.05, 3.63) is 57.5 Å². The fourth-order valence-corrected chi connectivity index (χ4v) is 5.22. The molecule has 0 spiro atoms. The van der Waals surface area contributed by atoms with Crippen LogP contribution in [0.15, 0.2) is 52.3 Å². The van der Waals surface area contributed by atoms with Crippen LogP contribution in [0, 0.1) is 0 Å². The summed E-state index contributed by atoms with van der Waals surface area (Å²) < 4.78 is 53.8. The predicted octanol–water partition coefficient (Wildman–Crippen LogP) is 1.78. The van der Waals surface area contributed by atoms with Gasteiger partial charge in [0.1, 0.15) is 10.9 Å². The smallest absolute Gasteiger partial charge is 0.262 e. The van der Waals surface area contributed by atoms with Crippen LogP contribution in [0.2, 0.25) is 15.1 Å². The lowest BCUT2D eigenvalue weighted by molar-refractivity contribution is -0.130. The van der Waals surface area contributed by atoms with Gasteiger partial charge in [0.25, 0.3) is 5.91 Å². The Bertz CT molecular complexity index is 1110. The topological polar surface area (TPSA) is 142 Å². The first-order chi connectivity index (χ1) is 13.5. The summed E-state index contributed by atoms with van der Waals surface area (Å²) in [4.78, 5) is 11.3. The van der Waals surface area contributed by atoms with E-state index in [2.05, 4.69) is 4.72 Å². The summed E-state index contributed by atoms with van der Waals surface area (Å²) in [7, 11) is -8.50. The Balaban J connectivity index is 2.24. The molecular formula is C15H14Cl3N3O6S2. The molecule has 0 bridgehead atoms. The summed E-state index contributed by atoms with van der Waals surface area (Å²) in [6.07, 6.45) is 0. The summed E-state index contributed by atoms with van der Waals surface area (Å²) in [5, 5.41) is 9.13. The fourth-order valence-electron chi connectivity index (χ4n) is 2.09. The van der Waals surface area contributed by atoms with Gasteiger partial charge in [0, 0.05) is 16.6 Å². The first-order valence-corrected chi connectivity index (χ1v) is 11.7. The van der Waals surface area contributed by atoms with E-state index in [1.165, 1.54) is 41.9 Å². The maximum atomic E-state index is 12.5. The van der Waals surface area contributed by atoms with Crippen LogP contribution in [0.3, 0.4) is 0 Å². The van der Waals surface area contributed by atoms with Crippen LogP contribution in [0.1, 0.15) is 0 Å². The van der Waals surface area contributed by atoms with E-state index in [1.807, 2.05) is 4.72 Å². The second-order valence-corrected chi connectivity index (χ2v) is 10.3. The average molecular weight is 503 g/mol. The minimum Gasteiger partial charge on any atom is -0.289 e. The molecule has 9 nitrogen and oxygen atoms in total. The number of halogens is 3. The van der Waals surface area contributed by atoms with Crippen LogP contribution in [0.4, 0.5) is 0 Å². The predicted molar refractivity (Wildman–Crippen MR) is 107 cm³/mol. The number of carbonyl (C=O) groups excluding carboxylic acids is 1. The van der Waals surface area contributed by atoms with Crippen molar-refractivity contribution in [2.24, 2.45) is 0 Å². The van der Waals surface area contributed by atoms with Crippen molar-refractivity contribution in [1.82, 2.24) is 14.9 Å². The maximum Gasteiger partial charge on any atom is 0.262 e. The van der Waals surface area contributed by atoms with E-state index in [9.17, 15) is 21.6 Å². The van der Waals surface area contributed by atoms with Gasteiger partial charge >= 0.3 is 0 Å². The zero-order valence-corrected chi connectivity index (χ0v) is 18.2. The van der Waals surface area contributed by atoms with Gasteiger partial charge in [-0.2, -0.15) is 4.72 Å². The van der Waals surface area contributed by atoms with Gasteiger partial charge in [-0.25, -0.2) is 27.0 Å². The van der Waals surface area contributed by atoms with E-state index in [4.69, 9.17) is 40.0 Å². The van der Waals surface area contributed by atoms with Crippen molar-refractivity contribution in [1.29, 1.82) is 0 Å². The van der Waals surface area contributed by atoms with Crippen molar-refractivity contribution in [2.45, 2.75) is 15.8 Å². The van der Waals surface area contributed by atoms with E-state index < -0.39 is 38.5 Å². The van der Waals surface area contributed by atoms with Gasteiger partial charge in [0.05, 0.1) is 9.92 Å². The minimum atomic E-state index is -4.26. The van der Waals surface area contributed by atoms with Crippen molar-refractivity contribution in [3.8, 4) is 0 Å².